The van der Waals surface area contributed by atoms with Gasteiger partial charge in [-0.2, -0.15) is 0 Å². The third-order valence-electron chi connectivity index (χ3n) is 17.1. The second kappa shape index (κ2) is 64.7. The summed E-state index contributed by atoms with van der Waals surface area (Å²) in [5, 5.41) is 10.6. The van der Waals surface area contributed by atoms with Crippen LogP contribution in [-0.4, -0.2) is 96.7 Å². The first-order valence-electron chi connectivity index (χ1n) is 38.3. The molecule has 0 saturated carbocycles. The van der Waals surface area contributed by atoms with Gasteiger partial charge in [-0.15, -0.1) is 0 Å². The molecule has 0 saturated heterocycles. The van der Waals surface area contributed by atoms with Gasteiger partial charge in [0.15, 0.2) is 12.2 Å². The standard InChI is InChI=1S/C74H144O17P2/c1-8-9-10-11-12-13-14-15-19-22-25-34-41-48-55-71(76)84-61-69(90-73(78)57-50-43-36-26-23-20-17-16-18-21-24-31-38-45-52-65(2)3)63-88-92(80,81)86-59-68(75)60-87-93(82,83)89-64-70(91-74(79)58-51-44-37-30-28-33-40-47-54-67(6)7)62-85-72(77)56-49-42-35-29-27-32-39-46-53-66(4)5/h65-70,75H,8-64H2,1-7H3,(H,80,81)(H,82,83)/t68-,69-,70-/m1/s1. The minimum Gasteiger partial charge on any atom is -0.462 e. The average molecular weight is 1370 g/mol. The minimum atomic E-state index is -4.96. The second-order valence-electron chi connectivity index (χ2n) is 28.1. The van der Waals surface area contributed by atoms with E-state index in [2.05, 4.69) is 48.5 Å². The maximum Gasteiger partial charge on any atom is 0.472 e. The lowest BCUT2D eigenvalue weighted by Crippen LogP contribution is -2.30. The first-order chi connectivity index (χ1) is 44.7. The maximum absolute atomic E-state index is 13.1. The molecule has 0 aromatic rings. The number of carbonyl (C=O) groups excluding carboxylic acids is 4. The molecule has 17 nitrogen and oxygen atoms in total. The highest BCUT2D eigenvalue weighted by molar-refractivity contribution is 7.47. The number of aliphatic hydroxyl groups excluding tert-OH is 1. The Morgan fingerprint density at radius 2 is 0.495 bits per heavy atom. The molecule has 0 heterocycles. The second-order valence-corrected chi connectivity index (χ2v) is 31.0. The van der Waals surface area contributed by atoms with Crippen LogP contribution in [0.5, 0.6) is 0 Å². The van der Waals surface area contributed by atoms with Crippen molar-refractivity contribution in [3.05, 3.63) is 0 Å². The predicted octanol–water partition coefficient (Wildman–Crippen LogP) is 21.4. The normalized spacial score (nSPS) is 14.1. The Labute approximate surface area is 568 Å². The van der Waals surface area contributed by atoms with Gasteiger partial charge in [0.2, 0.25) is 0 Å². The number of ether oxygens (including phenoxy) is 4. The molecule has 0 aromatic carbocycles. The largest absolute Gasteiger partial charge is 0.472 e. The molecule has 2 unspecified atom stereocenters. The molecular formula is C74H144O17P2. The van der Waals surface area contributed by atoms with Crippen LogP contribution in [0.25, 0.3) is 0 Å². The third-order valence-corrected chi connectivity index (χ3v) is 19.0. The zero-order chi connectivity index (χ0) is 68.7. The van der Waals surface area contributed by atoms with E-state index in [1.807, 2.05) is 0 Å². The summed E-state index contributed by atoms with van der Waals surface area (Å²) in [6.45, 7) is 11.8. The lowest BCUT2D eigenvalue weighted by molar-refractivity contribution is -0.161. The van der Waals surface area contributed by atoms with E-state index >= 15 is 0 Å². The molecule has 0 aliphatic rings. The van der Waals surface area contributed by atoms with Gasteiger partial charge in [0.25, 0.3) is 0 Å². The quantitative estimate of drug-likeness (QED) is 0.0222. The van der Waals surface area contributed by atoms with E-state index in [9.17, 15) is 43.2 Å². The summed E-state index contributed by atoms with van der Waals surface area (Å²) < 4.78 is 68.4. The topological polar surface area (TPSA) is 237 Å². The fraction of sp³-hybridized carbons (Fsp3) is 0.946. The number of rotatable bonds is 72. The number of hydrogen-bond acceptors (Lipinski definition) is 15. The smallest absolute Gasteiger partial charge is 0.462 e. The third kappa shape index (κ3) is 68.4. The van der Waals surface area contributed by atoms with Crippen LogP contribution in [-0.2, 0) is 65.4 Å². The average Bonchev–Trinajstić information content (AvgIpc) is 3.56. The lowest BCUT2D eigenvalue weighted by Gasteiger charge is -2.21. The van der Waals surface area contributed by atoms with Gasteiger partial charge in [0.05, 0.1) is 26.4 Å². The van der Waals surface area contributed by atoms with E-state index in [-0.39, 0.29) is 25.7 Å². The van der Waals surface area contributed by atoms with Crippen molar-refractivity contribution in [3.8, 4) is 0 Å². The number of carbonyl (C=O) groups is 4. The number of unbranched alkanes of at least 4 members (excludes halogenated alkanes) is 40. The molecule has 552 valence electrons. The van der Waals surface area contributed by atoms with E-state index in [0.717, 1.165) is 108 Å². The van der Waals surface area contributed by atoms with Crippen LogP contribution < -0.4 is 0 Å². The monoisotopic (exact) mass is 1370 g/mol. The van der Waals surface area contributed by atoms with Crippen LogP contribution in [0.3, 0.4) is 0 Å². The molecule has 3 N–H and O–H groups in total. The maximum atomic E-state index is 13.1. The van der Waals surface area contributed by atoms with Crippen molar-refractivity contribution in [2.24, 2.45) is 17.8 Å². The fourth-order valence-corrected chi connectivity index (χ4v) is 12.8. The minimum absolute atomic E-state index is 0.104. The summed E-state index contributed by atoms with van der Waals surface area (Å²) in [5.41, 5.74) is 0. The molecule has 0 aliphatic carbocycles. The molecular weight excluding hydrogens is 1220 g/mol. The molecule has 0 aromatic heterocycles. The Morgan fingerprint density at radius 3 is 0.731 bits per heavy atom. The summed E-state index contributed by atoms with van der Waals surface area (Å²) in [6, 6.07) is 0. The summed E-state index contributed by atoms with van der Waals surface area (Å²) in [5.74, 6) is 0.118. The highest BCUT2D eigenvalue weighted by Crippen LogP contribution is 2.45. The van der Waals surface area contributed by atoms with Crippen LogP contribution in [0.15, 0.2) is 0 Å². The van der Waals surface area contributed by atoms with E-state index in [1.165, 1.54) is 186 Å². The molecule has 93 heavy (non-hydrogen) atoms. The number of aliphatic hydroxyl groups is 1. The summed E-state index contributed by atoms with van der Waals surface area (Å²) in [7, 11) is -9.91. The number of phosphoric ester groups is 2. The van der Waals surface area contributed by atoms with Gasteiger partial charge in [-0.3, -0.25) is 37.3 Å². The van der Waals surface area contributed by atoms with Crippen molar-refractivity contribution >= 4 is 39.5 Å². The van der Waals surface area contributed by atoms with Gasteiger partial charge in [-0.1, -0.05) is 325 Å². The highest BCUT2D eigenvalue weighted by Gasteiger charge is 2.30. The van der Waals surface area contributed by atoms with E-state index in [1.54, 1.807) is 0 Å². The van der Waals surface area contributed by atoms with E-state index in [0.29, 0.717) is 25.7 Å². The van der Waals surface area contributed by atoms with Crippen molar-refractivity contribution in [2.45, 2.75) is 394 Å². The van der Waals surface area contributed by atoms with Gasteiger partial charge < -0.3 is 33.8 Å². The highest BCUT2D eigenvalue weighted by atomic mass is 31.2. The van der Waals surface area contributed by atoms with Crippen molar-refractivity contribution < 1.29 is 80.2 Å². The van der Waals surface area contributed by atoms with Gasteiger partial charge in [0.1, 0.15) is 19.3 Å². The molecule has 0 bridgehead atoms. The SMILES string of the molecule is CCCCCCCCCCCCCCCCC(=O)OC[C@H](COP(=O)(O)OC[C@@H](O)COP(=O)(O)OC[C@@H](COC(=O)CCCCCCCCCCC(C)C)OC(=O)CCCCCCCCCCC(C)C)OC(=O)CCCCCCCCCCCCCCCCC(C)C. The molecule has 0 spiro atoms. The van der Waals surface area contributed by atoms with Gasteiger partial charge in [-0.25, -0.2) is 9.13 Å². The van der Waals surface area contributed by atoms with E-state index < -0.39 is 97.5 Å². The van der Waals surface area contributed by atoms with Gasteiger partial charge in [0, 0.05) is 25.7 Å². The van der Waals surface area contributed by atoms with Crippen molar-refractivity contribution in [1.29, 1.82) is 0 Å². The van der Waals surface area contributed by atoms with Crippen LogP contribution in [0.1, 0.15) is 376 Å². The van der Waals surface area contributed by atoms with Crippen LogP contribution in [0.2, 0.25) is 0 Å². The molecule has 0 amide bonds. The number of hydrogen-bond donors (Lipinski definition) is 3. The first-order valence-corrected chi connectivity index (χ1v) is 41.3. The van der Waals surface area contributed by atoms with Gasteiger partial charge >= 0.3 is 39.5 Å². The van der Waals surface area contributed by atoms with Crippen molar-refractivity contribution in [3.63, 3.8) is 0 Å². The van der Waals surface area contributed by atoms with Crippen LogP contribution >= 0.6 is 15.6 Å². The van der Waals surface area contributed by atoms with Crippen molar-refractivity contribution in [2.75, 3.05) is 39.6 Å². The summed E-state index contributed by atoms with van der Waals surface area (Å²) in [6.07, 6.45) is 50.0. The van der Waals surface area contributed by atoms with Crippen molar-refractivity contribution in [1.82, 2.24) is 0 Å². The lowest BCUT2D eigenvalue weighted by atomic mass is 10.0. The Balaban J connectivity index is 5.25. The van der Waals surface area contributed by atoms with Crippen LogP contribution in [0, 0.1) is 17.8 Å². The summed E-state index contributed by atoms with van der Waals surface area (Å²) in [4.78, 5) is 72.7. The van der Waals surface area contributed by atoms with Gasteiger partial charge in [-0.05, 0) is 43.4 Å². The molecule has 19 heteroatoms. The number of esters is 4. The molecule has 0 fully saturated rings. The van der Waals surface area contributed by atoms with Crippen LogP contribution in [0.4, 0.5) is 0 Å². The Kier molecular flexibility index (Phi) is 63.4. The Morgan fingerprint density at radius 1 is 0.290 bits per heavy atom. The molecule has 0 rings (SSSR count). The first kappa shape index (κ1) is 91.1. The Bertz CT molecular complexity index is 1820. The predicted molar refractivity (Wildman–Crippen MR) is 377 cm³/mol. The molecule has 0 aliphatic heterocycles. The fourth-order valence-electron chi connectivity index (χ4n) is 11.2. The van der Waals surface area contributed by atoms with E-state index in [4.69, 9.17) is 37.0 Å². The Hall–Kier alpha value is -1.94. The zero-order valence-corrected chi connectivity index (χ0v) is 62.5. The summed E-state index contributed by atoms with van der Waals surface area (Å²) >= 11 is 0. The number of phosphoric acid groups is 2. The zero-order valence-electron chi connectivity index (χ0n) is 60.7. The molecule has 0 radical (unpaired) electrons. The molecule has 5 atom stereocenters.